The molecule has 128 valence electrons. The van der Waals surface area contributed by atoms with Gasteiger partial charge in [-0.1, -0.05) is 31.6 Å². The van der Waals surface area contributed by atoms with Crippen LogP contribution in [0.5, 0.6) is 0 Å². The van der Waals surface area contributed by atoms with Gasteiger partial charge in [0.1, 0.15) is 6.29 Å². The zero-order valence-corrected chi connectivity index (χ0v) is 14.7. The van der Waals surface area contributed by atoms with Gasteiger partial charge in [-0.25, -0.2) is 0 Å². The fourth-order valence-corrected chi connectivity index (χ4v) is 5.26. The summed E-state index contributed by atoms with van der Waals surface area (Å²) in [6.07, 6.45) is 9.43. The molecule has 1 N–H and O–H groups in total. The van der Waals surface area contributed by atoms with Crippen molar-refractivity contribution in [2.24, 2.45) is 22.7 Å². The third-order valence-electron chi connectivity index (χ3n) is 6.62. The zero-order valence-electron chi connectivity index (χ0n) is 14.7. The summed E-state index contributed by atoms with van der Waals surface area (Å²) in [6.45, 7) is 10.4. The van der Waals surface area contributed by atoms with Crippen LogP contribution in [0.2, 0.25) is 0 Å². The van der Waals surface area contributed by atoms with Crippen LogP contribution in [0.4, 0.5) is 0 Å². The van der Waals surface area contributed by atoms with Crippen molar-refractivity contribution in [3.05, 3.63) is 23.8 Å². The van der Waals surface area contributed by atoms with Crippen molar-refractivity contribution in [1.29, 1.82) is 0 Å². The van der Waals surface area contributed by atoms with E-state index in [9.17, 15) is 14.7 Å². The van der Waals surface area contributed by atoms with Crippen LogP contribution in [0.3, 0.4) is 0 Å². The van der Waals surface area contributed by atoms with Gasteiger partial charge in [0.2, 0.25) is 0 Å². The number of carboxylic acids is 1. The summed E-state index contributed by atoms with van der Waals surface area (Å²) in [5, 5.41) is 9.81. The van der Waals surface area contributed by atoms with E-state index in [1.54, 1.807) is 0 Å². The Morgan fingerprint density at radius 3 is 2.70 bits per heavy atom. The third kappa shape index (κ3) is 3.15. The quantitative estimate of drug-likeness (QED) is 0.451. The van der Waals surface area contributed by atoms with Gasteiger partial charge in [-0.05, 0) is 75.2 Å². The Balaban J connectivity index is 2.26. The first-order valence-corrected chi connectivity index (χ1v) is 8.78. The number of carbonyl (C=O) groups excluding carboxylic acids is 1. The minimum atomic E-state index is -0.642. The van der Waals surface area contributed by atoms with Crippen LogP contribution in [0.25, 0.3) is 0 Å². The molecule has 2 rings (SSSR count). The fraction of sp³-hybridized carbons (Fsp3) is 0.700. The minimum Gasteiger partial charge on any atom is -0.481 e. The first-order chi connectivity index (χ1) is 10.8. The van der Waals surface area contributed by atoms with E-state index < -0.39 is 11.4 Å². The van der Waals surface area contributed by atoms with Crippen molar-refractivity contribution in [2.45, 2.75) is 65.7 Å². The molecule has 0 bridgehead atoms. The SMILES string of the molecule is C=C1CC[C@H]2[C@@](C)(CCC[C@@]2(C)C(=O)O)[C@@H]1CC/C=C(/C)C=O. The lowest BCUT2D eigenvalue weighted by molar-refractivity contribution is -0.164. The molecule has 0 aromatic carbocycles. The highest BCUT2D eigenvalue weighted by molar-refractivity contribution is 5.75. The molecule has 23 heavy (non-hydrogen) atoms. The Morgan fingerprint density at radius 2 is 2.09 bits per heavy atom. The number of hydrogen-bond donors (Lipinski definition) is 1. The average Bonchev–Trinajstić information content (AvgIpc) is 2.49. The van der Waals surface area contributed by atoms with Crippen LogP contribution in [0.1, 0.15) is 65.7 Å². The molecule has 0 unspecified atom stereocenters. The third-order valence-corrected chi connectivity index (χ3v) is 6.62. The molecule has 2 aliphatic carbocycles. The summed E-state index contributed by atoms with van der Waals surface area (Å²) in [5.41, 5.74) is 1.45. The molecule has 0 saturated heterocycles. The van der Waals surface area contributed by atoms with Crippen LogP contribution in [0.15, 0.2) is 23.8 Å². The van der Waals surface area contributed by atoms with Crippen LogP contribution in [0, 0.1) is 22.7 Å². The highest BCUT2D eigenvalue weighted by atomic mass is 16.4. The Morgan fingerprint density at radius 1 is 1.39 bits per heavy atom. The maximum atomic E-state index is 11.9. The lowest BCUT2D eigenvalue weighted by Gasteiger charge is -2.57. The van der Waals surface area contributed by atoms with E-state index in [-0.39, 0.29) is 11.3 Å². The second-order valence-corrected chi connectivity index (χ2v) is 8.03. The highest BCUT2D eigenvalue weighted by Gasteiger charge is 2.57. The number of allylic oxidation sites excluding steroid dienone is 3. The number of carbonyl (C=O) groups is 2. The smallest absolute Gasteiger partial charge is 0.309 e. The molecule has 0 aromatic rings. The van der Waals surface area contributed by atoms with Gasteiger partial charge in [-0.2, -0.15) is 0 Å². The maximum absolute atomic E-state index is 11.9. The number of aldehydes is 1. The predicted molar refractivity (Wildman–Crippen MR) is 92.1 cm³/mol. The van der Waals surface area contributed by atoms with E-state index in [2.05, 4.69) is 13.5 Å². The summed E-state index contributed by atoms with van der Waals surface area (Å²) in [7, 11) is 0. The van der Waals surface area contributed by atoms with Gasteiger partial charge in [-0.15, -0.1) is 0 Å². The predicted octanol–water partition coefficient (Wildman–Crippen LogP) is 4.78. The highest BCUT2D eigenvalue weighted by Crippen LogP contribution is 2.61. The summed E-state index contributed by atoms with van der Waals surface area (Å²) >= 11 is 0. The van der Waals surface area contributed by atoms with Gasteiger partial charge in [0, 0.05) is 0 Å². The van der Waals surface area contributed by atoms with Crippen molar-refractivity contribution < 1.29 is 14.7 Å². The summed E-state index contributed by atoms with van der Waals surface area (Å²) in [6, 6.07) is 0. The number of rotatable bonds is 5. The maximum Gasteiger partial charge on any atom is 0.309 e. The lowest BCUT2D eigenvalue weighted by atomic mass is 9.46. The van der Waals surface area contributed by atoms with E-state index in [4.69, 9.17) is 0 Å². The molecule has 2 saturated carbocycles. The second kappa shape index (κ2) is 6.62. The first-order valence-electron chi connectivity index (χ1n) is 8.78. The second-order valence-electron chi connectivity index (χ2n) is 8.03. The minimum absolute atomic E-state index is 0.0175. The fourth-order valence-electron chi connectivity index (χ4n) is 5.26. The van der Waals surface area contributed by atoms with Crippen molar-refractivity contribution >= 4 is 12.3 Å². The number of hydrogen-bond acceptors (Lipinski definition) is 2. The topological polar surface area (TPSA) is 54.4 Å². The molecule has 0 spiro atoms. The molecule has 2 aliphatic rings. The Hall–Kier alpha value is -1.38. The van der Waals surface area contributed by atoms with Gasteiger partial charge < -0.3 is 5.11 Å². The van der Waals surface area contributed by atoms with Gasteiger partial charge in [0.25, 0.3) is 0 Å². The summed E-state index contributed by atoms with van der Waals surface area (Å²) < 4.78 is 0. The van der Waals surface area contributed by atoms with Crippen molar-refractivity contribution in [2.75, 3.05) is 0 Å². The molecular weight excluding hydrogens is 288 g/mol. The molecule has 0 heterocycles. The average molecular weight is 318 g/mol. The van der Waals surface area contributed by atoms with Gasteiger partial charge in [0.15, 0.2) is 0 Å². The normalized spacial score (nSPS) is 38.0. The molecule has 4 atom stereocenters. The molecule has 2 fully saturated rings. The monoisotopic (exact) mass is 318 g/mol. The van der Waals surface area contributed by atoms with Crippen molar-refractivity contribution in [1.82, 2.24) is 0 Å². The van der Waals surface area contributed by atoms with E-state index >= 15 is 0 Å². The molecular formula is C20H30O3. The van der Waals surface area contributed by atoms with Gasteiger partial charge in [-0.3, -0.25) is 9.59 Å². The molecule has 3 heteroatoms. The number of aliphatic carboxylic acids is 1. The van der Waals surface area contributed by atoms with Crippen LogP contribution >= 0.6 is 0 Å². The molecule has 0 radical (unpaired) electrons. The zero-order chi connectivity index (χ0) is 17.3. The number of carboxylic acid groups (broad SMARTS) is 1. The molecule has 0 aromatic heterocycles. The van der Waals surface area contributed by atoms with Gasteiger partial charge in [0.05, 0.1) is 5.41 Å². The lowest BCUT2D eigenvalue weighted by Crippen LogP contribution is -2.53. The van der Waals surface area contributed by atoms with E-state index in [1.807, 2.05) is 19.9 Å². The Labute approximate surface area is 139 Å². The largest absolute Gasteiger partial charge is 0.481 e. The Kier molecular flexibility index (Phi) is 5.17. The van der Waals surface area contributed by atoms with E-state index in [0.717, 1.165) is 56.8 Å². The number of fused-ring (bicyclic) bond motifs is 1. The van der Waals surface area contributed by atoms with Crippen molar-refractivity contribution in [3.63, 3.8) is 0 Å². The van der Waals surface area contributed by atoms with E-state index in [1.165, 1.54) is 5.57 Å². The molecule has 0 amide bonds. The van der Waals surface area contributed by atoms with Crippen LogP contribution in [-0.2, 0) is 9.59 Å². The summed E-state index contributed by atoms with van der Waals surface area (Å²) in [4.78, 5) is 22.7. The molecule has 0 aliphatic heterocycles. The van der Waals surface area contributed by atoms with Crippen molar-refractivity contribution in [3.8, 4) is 0 Å². The van der Waals surface area contributed by atoms with Crippen LogP contribution < -0.4 is 0 Å². The molecule has 3 nitrogen and oxygen atoms in total. The Bertz CT molecular complexity index is 533. The summed E-state index contributed by atoms with van der Waals surface area (Å²) in [5.74, 6) is -0.0693. The standard InChI is InChI=1S/C20H30O3/c1-14(13-21)7-5-8-16-15(2)9-10-17-19(16,3)11-6-12-20(17,4)18(22)23/h7,13,16-17H,2,5-6,8-12H2,1,3-4H3,(H,22,23)/b14-7-/t16-,17+,19+,20-/m1/s1. The first kappa shape index (κ1) is 18.0. The van der Waals surface area contributed by atoms with Crippen LogP contribution in [-0.4, -0.2) is 17.4 Å². The van der Waals surface area contributed by atoms with Gasteiger partial charge >= 0.3 is 5.97 Å². The van der Waals surface area contributed by atoms with E-state index in [0.29, 0.717) is 5.92 Å².